The highest BCUT2D eigenvalue weighted by Gasteiger charge is 2.15. The molecule has 0 spiro atoms. The Kier molecular flexibility index (Phi) is 2.03. The van der Waals surface area contributed by atoms with Crippen LogP contribution in [0.25, 0.3) is 11.0 Å². The minimum atomic E-state index is 0.00579. The number of aryl methyl sites for hydroxylation is 3. The van der Waals surface area contributed by atoms with Crippen LogP contribution in [0.15, 0.2) is 10.5 Å². The second-order valence-corrected chi connectivity index (χ2v) is 3.72. The number of furan rings is 1. The maximum Gasteiger partial charge on any atom is 0.153 e. The van der Waals surface area contributed by atoms with Crippen LogP contribution in [0.2, 0.25) is 0 Å². The summed E-state index contributed by atoms with van der Waals surface area (Å²) in [4.78, 5) is 10.8. The first-order valence-electron chi connectivity index (χ1n) is 4.73. The summed E-state index contributed by atoms with van der Waals surface area (Å²) in [5, 5.41) is 10.6. The van der Waals surface area contributed by atoms with Gasteiger partial charge in [-0.1, -0.05) is 0 Å². The number of carbonyl (C=O) groups is 1. The summed E-state index contributed by atoms with van der Waals surface area (Å²) in [6.07, 6.45) is 0.656. The molecule has 1 aromatic carbocycles. The van der Waals surface area contributed by atoms with E-state index < -0.39 is 0 Å². The van der Waals surface area contributed by atoms with Gasteiger partial charge in [-0.25, -0.2) is 0 Å². The first-order valence-corrected chi connectivity index (χ1v) is 4.73. The fraction of sp³-hybridized carbons (Fsp3) is 0.250. The van der Waals surface area contributed by atoms with Crippen LogP contribution in [0.4, 0.5) is 0 Å². The zero-order valence-corrected chi connectivity index (χ0v) is 8.92. The Hall–Kier alpha value is -1.77. The average molecular weight is 204 g/mol. The Morgan fingerprint density at radius 1 is 1.27 bits per heavy atom. The second-order valence-electron chi connectivity index (χ2n) is 3.72. The average Bonchev–Trinajstić information content (AvgIpc) is 2.50. The van der Waals surface area contributed by atoms with Crippen molar-refractivity contribution in [2.75, 3.05) is 0 Å². The predicted molar refractivity (Wildman–Crippen MR) is 57.5 cm³/mol. The quantitative estimate of drug-likeness (QED) is 0.726. The van der Waals surface area contributed by atoms with Crippen LogP contribution >= 0.6 is 0 Å². The van der Waals surface area contributed by atoms with Crippen molar-refractivity contribution in [2.24, 2.45) is 0 Å². The van der Waals surface area contributed by atoms with E-state index >= 15 is 0 Å². The molecule has 2 rings (SSSR count). The summed E-state index contributed by atoms with van der Waals surface area (Å²) >= 11 is 0. The molecule has 15 heavy (non-hydrogen) atoms. The van der Waals surface area contributed by atoms with Crippen LogP contribution in [0.3, 0.4) is 0 Å². The first kappa shape index (κ1) is 9.77. The normalized spacial score (nSPS) is 10.9. The lowest BCUT2D eigenvalue weighted by Crippen LogP contribution is -1.86. The van der Waals surface area contributed by atoms with Crippen LogP contribution in [-0.2, 0) is 0 Å². The third-order valence-electron chi connectivity index (χ3n) is 2.83. The van der Waals surface area contributed by atoms with Gasteiger partial charge in [0, 0.05) is 10.9 Å². The van der Waals surface area contributed by atoms with E-state index in [0.717, 1.165) is 16.7 Å². The molecule has 0 bridgehead atoms. The summed E-state index contributed by atoms with van der Waals surface area (Å²) < 4.78 is 5.53. The summed E-state index contributed by atoms with van der Waals surface area (Å²) in [5.41, 5.74) is 2.60. The van der Waals surface area contributed by atoms with E-state index in [0.29, 0.717) is 23.0 Å². The fourth-order valence-corrected chi connectivity index (χ4v) is 1.73. The van der Waals surface area contributed by atoms with Gasteiger partial charge in [0.25, 0.3) is 0 Å². The SMILES string of the molecule is Cc1oc2c(C)c(O)c(C=O)cc2c1C. The molecule has 0 saturated heterocycles. The largest absolute Gasteiger partial charge is 0.507 e. The zero-order chi connectivity index (χ0) is 11.2. The van der Waals surface area contributed by atoms with E-state index in [-0.39, 0.29) is 5.75 Å². The molecule has 1 N–H and O–H groups in total. The van der Waals surface area contributed by atoms with Gasteiger partial charge in [-0.2, -0.15) is 0 Å². The lowest BCUT2D eigenvalue weighted by Gasteiger charge is -2.02. The highest BCUT2D eigenvalue weighted by Crippen LogP contribution is 2.34. The van der Waals surface area contributed by atoms with Gasteiger partial charge in [-0.3, -0.25) is 4.79 Å². The highest BCUT2D eigenvalue weighted by atomic mass is 16.3. The number of fused-ring (bicyclic) bond motifs is 1. The third kappa shape index (κ3) is 1.23. The smallest absolute Gasteiger partial charge is 0.153 e. The molecule has 0 amide bonds. The maximum atomic E-state index is 10.8. The molecule has 0 aliphatic carbocycles. The topological polar surface area (TPSA) is 50.4 Å². The Bertz CT molecular complexity index is 550. The van der Waals surface area contributed by atoms with E-state index in [2.05, 4.69) is 0 Å². The van der Waals surface area contributed by atoms with Crippen molar-refractivity contribution < 1.29 is 14.3 Å². The van der Waals surface area contributed by atoms with Crippen molar-refractivity contribution in [3.63, 3.8) is 0 Å². The predicted octanol–water partition coefficient (Wildman–Crippen LogP) is 2.88. The van der Waals surface area contributed by atoms with Crippen LogP contribution in [0, 0.1) is 20.8 Å². The highest BCUT2D eigenvalue weighted by molar-refractivity contribution is 5.94. The summed E-state index contributed by atoms with van der Waals surface area (Å²) in [6, 6.07) is 1.66. The number of hydrogen-bond donors (Lipinski definition) is 1. The Morgan fingerprint density at radius 2 is 1.93 bits per heavy atom. The van der Waals surface area contributed by atoms with Gasteiger partial charge in [0.15, 0.2) is 6.29 Å². The molecule has 3 heteroatoms. The third-order valence-corrected chi connectivity index (χ3v) is 2.83. The second kappa shape index (κ2) is 3.12. The van der Waals surface area contributed by atoms with Crippen molar-refractivity contribution in [3.8, 4) is 5.75 Å². The molecule has 0 saturated carbocycles. The van der Waals surface area contributed by atoms with Crippen LogP contribution in [-0.4, -0.2) is 11.4 Å². The van der Waals surface area contributed by atoms with Crippen molar-refractivity contribution in [1.82, 2.24) is 0 Å². The molecular formula is C12H12O3. The van der Waals surface area contributed by atoms with Gasteiger partial charge in [0.1, 0.15) is 17.1 Å². The minimum Gasteiger partial charge on any atom is -0.507 e. The maximum absolute atomic E-state index is 10.8. The molecule has 0 radical (unpaired) electrons. The van der Waals surface area contributed by atoms with E-state index in [1.807, 2.05) is 13.8 Å². The van der Waals surface area contributed by atoms with Crippen molar-refractivity contribution >= 4 is 17.3 Å². The number of phenolic OH excluding ortho intramolecular Hbond substituents is 1. The van der Waals surface area contributed by atoms with E-state index in [1.165, 1.54) is 0 Å². The van der Waals surface area contributed by atoms with Gasteiger partial charge >= 0.3 is 0 Å². The molecule has 0 atom stereocenters. The molecule has 0 aliphatic heterocycles. The van der Waals surface area contributed by atoms with Gasteiger partial charge in [-0.05, 0) is 32.4 Å². The van der Waals surface area contributed by atoms with E-state index in [9.17, 15) is 9.90 Å². The van der Waals surface area contributed by atoms with Gasteiger partial charge in [0.2, 0.25) is 0 Å². The van der Waals surface area contributed by atoms with Crippen molar-refractivity contribution in [2.45, 2.75) is 20.8 Å². The number of benzene rings is 1. The van der Waals surface area contributed by atoms with Crippen LogP contribution in [0.1, 0.15) is 27.2 Å². The molecule has 78 valence electrons. The van der Waals surface area contributed by atoms with Crippen molar-refractivity contribution in [1.29, 1.82) is 0 Å². The molecule has 1 aromatic heterocycles. The first-order chi connectivity index (χ1) is 7.06. The number of phenols is 1. The standard InChI is InChI=1S/C12H12O3/c1-6-8(3)15-12-7(2)11(14)9(5-13)4-10(6)12/h4-5,14H,1-3H3. The van der Waals surface area contributed by atoms with Crippen molar-refractivity contribution in [3.05, 3.63) is 28.5 Å². The molecule has 2 aromatic rings. The molecule has 0 fully saturated rings. The number of aldehydes is 1. The molecule has 1 heterocycles. The van der Waals surface area contributed by atoms with Crippen LogP contribution in [0.5, 0.6) is 5.75 Å². The molecule has 3 nitrogen and oxygen atoms in total. The molecule has 0 aliphatic rings. The Morgan fingerprint density at radius 3 is 2.53 bits per heavy atom. The summed E-state index contributed by atoms with van der Waals surface area (Å²) in [6.45, 7) is 5.55. The Balaban J connectivity index is 2.96. The van der Waals surface area contributed by atoms with Crippen LogP contribution < -0.4 is 0 Å². The monoisotopic (exact) mass is 204 g/mol. The van der Waals surface area contributed by atoms with Gasteiger partial charge in [0.05, 0.1) is 5.56 Å². The number of rotatable bonds is 1. The van der Waals surface area contributed by atoms with Gasteiger partial charge in [-0.15, -0.1) is 0 Å². The molecular weight excluding hydrogens is 192 g/mol. The Labute approximate surface area is 87.3 Å². The van der Waals surface area contributed by atoms with Gasteiger partial charge < -0.3 is 9.52 Å². The van der Waals surface area contributed by atoms with E-state index in [1.54, 1.807) is 13.0 Å². The lowest BCUT2D eigenvalue weighted by molar-refractivity contribution is 0.112. The van der Waals surface area contributed by atoms with E-state index in [4.69, 9.17) is 4.42 Å². The lowest BCUT2D eigenvalue weighted by atomic mass is 10.0. The summed E-state index contributed by atoms with van der Waals surface area (Å²) in [7, 11) is 0. The summed E-state index contributed by atoms with van der Waals surface area (Å²) in [5.74, 6) is 0.821. The molecule has 0 unspecified atom stereocenters. The zero-order valence-electron chi connectivity index (χ0n) is 8.92. The number of carbonyl (C=O) groups excluding carboxylic acids is 1. The number of hydrogen-bond acceptors (Lipinski definition) is 3. The fourth-order valence-electron chi connectivity index (χ4n) is 1.73. The number of aromatic hydroxyl groups is 1. The minimum absolute atomic E-state index is 0.00579.